The fourth-order valence-electron chi connectivity index (χ4n) is 3.85. The highest BCUT2D eigenvalue weighted by Gasteiger charge is 2.19. The molecular weight excluding hydrogens is 540 g/mol. The summed E-state index contributed by atoms with van der Waals surface area (Å²) in [5.74, 6) is -0.573. The Balaban J connectivity index is 1.47. The molecule has 0 bridgehead atoms. The minimum atomic E-state index is -0.691. The van der Waals surface area contributed by atoms with Gasteiger partial charge in [-0.1, -0.05) is 72.8 Å². The van der Waals surface area contributed by atoms with Crippen LogP contribution in [0.3, 0.4) is 0 Å². The Morgan fingerprint density at radius 2 is 1.43 bits per heavy atom. The summed E-state index contributed by atoms with van der Waals surface area (Å²) in [6, 6.07) is 27.5. The topological polar surface area (TPSA) is 140 Å². The molecule has 0 atom stereocenters. The molecule has 0 saturated carbocycles. The van der Waals surface area contributed by atoms with Gasteiger partial charge in [-0.25, -0.2) is 4.79 Å². The number of rotatable bonds is 14. The van der Waals surface area contributed by atoms with E-state index in [1.54, 1.807) is 18.2 Å². The molecule has 4 rings (SSSR count). The molecule has 0 radical (unpaired) electrons. The highest BCUT2D eigenvalue weighted by atomic mass is 16.6. The summed E-state index contributed by atoms with van der Waals surface area (Å²) in [7, 11) is 0. The largest absolute Gasteiger partial charge is 0.489 e. The van der Waals surface area contributed by atoms with Gasteiger partial charge in [-0.2, -0.15) is 0 Å². The van der Waals surface area contributed by atoms with Crippen molar-refractivity contribution in [1.82, 2.24) is 0 Å². The van der Waals surface area contributed by atoms with Crippen LogP contribution in [0.2, 0.25) is 0 Å². The number of hydrogen-bond acceptors (Lipinski definition) is 8. The molecule has 0 heterocycles. The Bertz CT molecular complexity index is 1560. The summed E-state index contributed by atoms with van der Waals surface area (Å²) in [6.07, 6.45) is 2.71. The van der Waals surface area contributed by atoms with Gasteiger partial charge in [0, 0.05) is 17.7 Å². The second-order valence-corrected chi connectivity index (χ2v) is 8.88. The number of nitrogens with zero attached hydrogens (tertiary/aromatic N) is 1. The van der Waals surface area contributed by atoms with Gasteiger partial charge >= 0.3 is 5.97 Å². The van der Waals surface area contributed by atoms with E-state index in [0.717, 1.165) is 17.2 Å². The van der Waals surface area contributed by atoms with Crippen molar-refractivity contribution in [2.24, 2.45) is 5.73 Å². The second-order valence-electron chi connectivity index (χ2n) is 8.88. The number of carbonyl (C=O) groups excluding carboxylic acids is 2. The van der Waals surface area contributed by atoms with Crippen molar-refractivity contribution in [1.29, 1.82) is 0 Å². The number of ether oxygens (including phenoxy) is 4. The van der Waals surface area contributed by atoms with Gasteiger partial charge in [0.1, 0.15) is 37.7 Å². The summed E-state index contributed by atoms with van der Waals surface area (Å²) in [5.41, 5.74) is 7.34. The predicted molar refractivity (Wildman–Crippen MR) is 155 cm³/mol. The van der Waals surface area contributed by atoms with E-state index in [1.165, 1.54) is 24.3 Å². The van der Waals surface area contributed by atoms with Crippen LogP contribution in [0.15, 0.2) is 103 Å². The average molecular weight is 569 g/mol. The summed E-state index contributed by atoms with van der Waals surface area (Å²) < 4.78 is 23.1. The lowest BCUT2D eigenvalue weighted by Gasteiger charge is -2.16. The van der Waals surface area contributed by atoms with Crippen molar-refractivity contribution in [2.75, 3.05) is 13.2 Å². The number of hydrogen-bond donors (Lipinski definition) is 1. The molecule has 0 aliphatic carbocycles. The first kappa shape index (κ1) is 29.3. The van der Waals surface area contributed by atoms with E-state index in [9.17, 15) is 19.7 Å². The zero-order valence-electron chi connectivity index (χ0n) is 22.5. The van der Waals surface area contributed by atoms with Crippen LogP contribution in [0.25, 0.3) is 6.08 Å². The molecule has 1 amide bonds. The first-order chi connectivity index (χ1) is 20.4. The Morgan fingerprint density at radius 3 is 2.10 bits per heavy atom. The highest BCUT2D eigenvalue weighted by Crippen LogP contribution is 2.33. The van der Waals surface area contributed by atoms with Crippen LogP contribution >= 0.6 is 0 Å². The number of benzene rings is 4. The van der Waals surface area contributed by atoms with Crippen LogP contribution in [0, 0.1) is 10.1 Å². The number of nitro groups is 1. The molecule has 214 valence electrons. The van der Waals surface area contributed by atoms with Crippen LogP contribution in [0.4, 0.5) is 5.69 Å². The molecule has 0 aromatic heterocycles. The third-order valence-corrected chi connectivity index (χ3v) is 5.87. The maximum absolute atomic E-state index is 12.8. The van der Waals surface area contributed by atoms with E-state index >= 15 is 0 Å². The van der Waals surface area contributed by atoms with Gasteiger partial charge in [0.05, 0.1) is 11.0 Å². The first-order valence-corrected chi connectivity index (χ1v) is 12.9. The van der Waals surface area contributed by atoms with Gasteiger partial charge in [0.25, 0.3) is 5.69 Å². The Kier molecular flexibility index (Phi) is 10.2. The number of para-hydroxylation sites is 1. The number of nitro benzene ring substituents is 1. The quantitative estimate of drug-likeness (QED) is 0.0693. The van der Waals surface area contributed by atoms with E-state index in [2.05, 4.69) is 0 Å². The molecular formula is C32H28N2O8. The summed E-state index contributed by atoms with van der Waals surface area (Å²) in [6.45, 7) is 0.204. The molecule has 4 aromatic carbocycles. The third kappa shape index (κ3) is 8.43. The standard InChI is InChI=1S/C32H28N2O8/c33-30(35)17-14-25-12-7-13-28(41-21-23-8-3-1-4-9-23)31(25)40-19-18-39-29-20-26(34(37)38)15-16-27(29)32(36)42-22-24-10-5-2-6-11-24/h1-17,20H,18-19,21-22H2,(H2,33,35)/b17-14+. The molecule has 0 saturated heterocycles. The maximum atomic E-state index is 12.8. The number of primary amides is 1. The molecule has 0 fully saturated rings. The zero-order valence-corrected chi connectivity index (χ0v) is 22.5. The van der Waals surface area contributed by atoms with Crippen molar-refractivity contribution in [3.05, 3.63) is 136 Å². The fourth-order valence-corrected chi connectivity index (χ4v) is 3.85. The van der Waals surface area contributed by atoms with Crippen molar-refractivity contribution < 1.29 is 33.5 Å². The lowest BCUT2D eigenvalue weighted by atomic mass is 10.1. The molecule has 10 nitrogen and oxygen atoms in total. The molecule has 42 heavy (non-hydrogen) atoms. The highest BCUT2D eigenvalue weighted by molar-refractivity contribution is 5.93. The average Bonchev–Trinajstić information content (AvgIpc) is 3.01. The van der Waals surface area contributed by atoms with Crippen LogP contribution in [-0.2, 0) is 22.7 Å². The minimum Gasteiger partial charge on any atom is -0.489 e. The lowest BCUT2D eigenvalue weighted by molar-refractivity contribution is -0.384. The molecule has 0 unspecified atom stereocenters. The van der Waals surface area contributed by atoms with E-state index < -0.39 is 16.8 Å². The first-order valence-electron chi connectivity index (χ1n) is 12.9. The lowest BCUT2D eigenvalue weighted by Crippen LogP contribution is -2.14. The predicted octanol–water partition coefficient (Wildman–Crippen LogP) is 5.49. The third-order valence-electron chi connectivity index (χ3n) is 5.87. The molecule has 4 aromatic rings. The Hall–Kier alpha value is -5.64. The van der Waals surface area contributed by atoms with Gasteiger partial charge in [0.15, 0.2) is 11.5 Å². The van der Waals surface area contributed by atoms with Crippen LogP contribution in [-0.4, -0.2) is 30.0 Å². The number of carbonyl (C=O) groups is 2. The molecule has 2 N–H and O–H groups in total. The van der Waals surface area contributed by atoms with E-state index in [1.807, 2.05) is 60.7 Å². The number of non-ortho nitro benzene ring substituents is 1. The van der Waals surface area contributed by atoms with E-state index in [4.69, 9.17) is 24.7 Å². The molecule has 0 spiro atoms. The van der Waals surface area contributed by atoms with Crippen molar-refractivity contribution >= 4 is 23.6 Å². The van der Waals surface area contributed by atoms with Gasteiger partial charge in [-0.15, -0.1) is 0 Å². The van der Waals surface area contributed by atoms with Crippen molar-refractivity contribution in [3.63, 3.8) is 0 Å². The zero-order chi connectivity index (χ0) is 29.7. The fraction of sp³-hybridized carbons (Fsp3) is 0.125. The number of amides is 1. The monoisotopic (exact) mass is 568 g/mol. The summed E-state index contributed by atoms with van der Waals surface area (Å²) in [4.78, 5) is 34.9. The van der Waals surface area contributed by atoms with Crippen LogP contribution < -0.4 is 19.9 Å². The Morgan fingerprint density at radius 1 is 0.762 bits per heavy atom. The van der Waals surface area contributed by atoms with E-state index in [0.29, 0.717) is 17.1 Å². The maximum Gasteiger partial charge on any atom is 0.342 e. The molecule has 0 aliphatic heterocycles. The SMILES string of the molecule is NC(=O)/C=C/c1cccc(OCc2ccccc2)c1OCCOc1cc([N+](=O)[O-])ccc1C(=O)OCc1ccccc1. The van der Waals surface area contributed by atoms with Crippen molar-refractivity contribution in [2.45, 2.75) is 13.2 Å². The van der Waals surface area contributed by atoms with Gasteiger partial charge in [-0.05, 0) is 29.3 Å². The smallest absolute Gasteiger partial charge is 0.342 e. The van der Waals surface area contributed by atoms with Gasteiger partial charge in [0.2, 0.25) is 5.91 Å². The van der Waals surface area contributed by atoms with Crippen LogP contribution in [0.1, 0.15) is 27.0 Å². The number of nitrogens with two attached hydrogens (primary N) is 1. The van der Waals surface area contributed by atoms with Crippen molar-refractivity contribution in [3.8, 4) is 17.2 Å². The normalized spacial score (nSPS) is 10.7. The van der Waals surface area contributed by atoms with E-state index in [-0.39, 0.29) is 43.4 Å². The second kappa shape index (κ2) is 14.7. The Labute approximate surface area is 242 Å². The number of esters is 1. The minimum absolute atomic E-state index is 0.0201. The van der Waals surface area contributed by atoms with Crippen LogP contribution in [0.5, 0.6) is 17.2 Å². The van der Waals surface area contributed by atoms with Gasteiger partial charge < -0.3 is 24.7 Å². The molecule has 10 heteroatoms. The summed E-state index contributed by atoms with van der Waals surface area (Å²) >= 11 is 0. The summed E-state index contributed by atoms with van der Waals surface area (Å²) in [5, 5.41) is 11.4. The molecule has 0 aliphatic rings. The van der Waals surface area contributed by atoms with Gasteiger partial charge in [-0.3, -0.25) is 14.9 Å².